The maximum Gasteiger partial charge on any atom is 0.410 e. The molecule has 0 aliphatic carbocycles. The number of ether oxygens (including phenoxy) is 1. The number of hydrogen-bond donors (Lipinski definition) is 0. The van der Waals surface area contributed by atoms with E-state index in [9.17, 15) is 14.9 Å². The van der Waals surface area contributed by atoms with Crippen LogP contribution in [-0.4, -0.2) is 61.3 Å². The standard InChI is InChI=1S/C30H40N6O3/c1-20-17-35(28(38)39-30(5,6)7)14-13-34(20)18-21-9-10-22(16-31)23(15-21)24-11-12-25-26(32-24)33(8)27(37)36(25)19-29(2,3)4/h9-12,15,20H,13-14,17-19H2,1-8H3/t20-/m0/s1. The molecule has 0 bridgehead atoms. The Labute approximate surface area is 230 Å². The van der Waals surface area contributed by atoms with Crippen LogP contribution >= 0.6 is 0 Å². The van der Waals surface area contributed by atoms with E-state index in [2.05, 4.69) is 38.7 Å². The van der Waals surface area contributed by atoms with Crippen molar-refractivity contribution < 1.29 is 9.53 Å². The third-order valence-electron chi connectivity index (χ3n) is 6.90. The topological polar surface area (TPSA) is 96.4 Å². The summed E-state index contributed by atoms with van der Waals surface area (Å²) in [6, 6.07) is 12.1. The molecule has 9 nitrogen and oxygen atoms in total. The molecule has 1 aromatic carbocycles. The summed E-state index contributed by atoms with van der Waals surface area (Å²) in [4.78, 5) is 34.4. The smallest absolute Gasteiger partial charge is 0.410 e. The number of carbonyl (C=O) groups excluding carboxylic acids is 1. The number of pyridine rings is 1. The number of hydrogen-bond acceptors (Lipinski definition) is 6. The van der Waals surface area contributed by atoms with Crippen molar-refractivity contribution in [2.24, 2.45) is 12.5 Å². The molecule has 1 amide bonds. The van der Waals surface area contributed by atoms with Crippen LogP contribution in [0.15, 0.2) is 35.1 Å². The SMILES string of the molecule is C[C@H]1CN(C(=O)OC(C)(C)C)CCN1Cc1ccc(C#N)c(-c2ccc3c(n2)n(C)c(=O)n3CC(C)(C)C)c1. The number of aryl methyl sites for hydroxylation is 1. The van der Waals surface area contributed by atoms with Gasteiger partial charge in [0, 0.05) is 51.4 Å². The van der Waals surface area contributed by atoms with Crippen LogP contribution in [0.2, 0.25) is 0 Å². The number of nitriles is 1. The molecule has 1 atom stereocenters. The second-order valence-electron chi connectivity index (χ2n) is 12.8. The number of aromatic nitrogens is 3. The van der Waals surface area contributed by atoms with E-state index in [0.29, 0.717) is 43.1 Å². The number of nitrogens with zero attached hydrogens (tertiary/aromatic N) is 6. The minimum absolute atomic E-state index is 0.0609. The average molecular weight is 533 g/mol. The Balaban J connectivity index is 1.59. The lowest BCUT2D eigenvalue weighted by atomic mass is 9.97. The molecular formula is C30H40N6O3. The maximum absolute atomic E-state index is 13.0. The summed E-state index contributed by atoms with van der Waals surface area (Å²) >= 11 is 0. The van der Waals surface area contributed by atoms with Crippen LogP contribution in [0.1, 0.15) is 59.6 Å². The molecule has 0 radical (unpaired) electrons. The number of rotatable bonds is 4. The van der Waals surface area contributed by atoms with E-state index in [4.69, 9.17) is 9.72 Å². The predicted molar refractivity (Wildman–Crippen MR) is 152 cm³/mol. The van der Waals surface area contributed by atoms with Crippen LogP contribution in [0, 0.1) is 16.7 Å². The van der Waals surface area contributed by atoms with Gasteiger partial charge in [0.05, 0.1) is 22.8 Å². The second kappa shape index (κ2) is 10.5. The summed E-state index contributed by atoms with van der Waals surface area (Å²) in [7, 11) is 1.74. The second-order valence-corrected chi connectivity index (χ2v) is 12.8. The van der Waals surface area contributed by atoms with Gasteiger partial charge in [-0.15, -0.1) is 0 Å². The summed E-state index contributed by atoms with van der Waals surface area (Å²) in [5, 5.41) is 9.84. The van der Waals surface area contributed by atoms with Crippen LogP contribution in [0.4, 0.5) is 4.79 Å². The number of carbonyl (C=O) groups is 1. The molecule has 3 aromatic rings. The summed E-state index contributed by atoms with van der Waals surface area (Å²) in [5.74, 6) is 0. The van der Waals surface area contributed by atoms with Crippen molar-refractivity contribution in [3.05, 3.63) is 51.9 Å². The minimum Gasteiger partial charge on any atom is -0.444 e. The molecule has 1 aliphatic rings. The number of piperazine rings is 1. The average Bonchev–Trinajstić information content (AvgIpc) is 3.07. The summed E-state index contributed by atoms with van der Waals surface area (Å²) in [5.41, 5.74) is 3.70. The fraction of sp³-hybridized carbons (Fsp3) is 0.533. The highest BCUT2D eigenvalue weighted by atomic mass is 16.6. The number of benzene rings is 1. The third-order valence-corrected chi connectivity index (χ3v) is 6.90. The summed E-state index contributed by atoms with van der Waals surface area (Å²) < 4.78 is 8.89. The van der Waals surface area contributed by atoms with E-state index < -0.39 is 5.60 Å². The molecular weight excluding hydrogens is 492 g/mol. The van der Waals surface area contributed by atoms with Gasteiger partial charge in [0.2, 0.25) is 0 Å². The van der Waals surface area contributed by atoms with Crippen LogP contribution < -0.4 is 5.69 Å². The molecule has 1 fully saturated rings. The minimum atomic E-state index is -0.519. The third kappa shape index (κ3) is 6.34. The predicted octanol–water partition coefficient (Wildman–Crippen LogP) is 4.76. The molecule has 0 spiro atoms. The van der Waals surface area contributed by atoms with Crippen LogP contribution in [0.5, 0.6) is 0 Å². The van der Waals surface area contributed by atoms with E-state index in [1.54, 1.807) is 21.1 Å². The first-order valence-corrected chi connectivity index (χ1v) is 13.5. The highest BCUT2D eigenvalue weighted by molar-refractivity contribution is 5.78. The zero-order valence-electron chi connectivity index (χ0n) is 24.4. The van der Waals surface area contributed by atoms with Gasteiger partial charge in [-0.25, -0.2) is 14.6 Å². The number of imidazole rings is 1. The lowest BCUT2D eigenvalue weighted by molar-refractivity contribution is 0.00461. The Morgan fingerprint density at radius 3 is 2.46 bits per heavy atom. The van der Waals surface area contributed by atoms with Crippen molar-refractivity contribution in [1.82, 2.24) is 23.9 Å². The van der Waals surface area contributed by atoms with Gasteiger partial charge in [-0.2, -0.15) is 5.26 Å². The Morgan fingerprint density at radius 1 is 1.13 bits per heavy atom. The highest BCUT2D eigenvalue weighted by Gasteiger charge is 2.30. The quantitative estimate of drug-likeness (QED) is 0.481. The van der Waals surface area contributed by atoms with Gasteiger partial charge in [-0.05, 0) is 62.9 Å². The van der Waals surface area contributed by atoms with E-state index in [1.165, 1.54) is 0 Å². The van der Waals surface area contributed by atoms with E-state index in [0.717, 1.165) is 23.2 Å². The molecule has 2 aromatic heterocycles. The van der Waals surface area contributed by atoms with Gasteiger partial charge in [0.15, 0.2) is 5.65 Å². The Bertz CT molecular complexity index is 1480. The molecule has 0 unspecified atom stereocenters. The zero-order valence-corrected chi connectivity index (χ0v) is 24.4. The number of fused-ring (bicyclic) bond motifs is 1. The lowest BCUT2D eigenvalue weighted by Gasteiger charge is -2.40. The molecule has 0 N–H and O–H groups in total. The fourth-order valence-corrected chi connectivity index (χ4v) is 5.01. The first-order chi connectivity index (χ1) is 18.2. The van der Waals surface area contributed by atoms with E-state index >= 15 is 0 Å². The molecule has 208 valence electrons. The van der Waals surface area contributed by atoms with E-state index in [1.807, 2.05) is 51.1 Å². The van der Waals surface area contributed by atoms with Gasteiger partial charge in [0.25, 0.3) is 0 Å². The van der Waals surface area contributed by atoms with Crippen LogP contribution in [0.25, 0.3) is 22.4 Å². The fourth-order valence-electron chi connectivity index (χ4n) is 5.01. The van der Waals surface area contributed by atoms with Crippen molar-refractivity contribution in [3.63, 3.8) is 0 Å². The number of amides is 1. The van der Waals surface area contributed by atoms with Crippen molar-refractivity contribution in [1.29, 1.82) is 5.26 Å². The lowest BCUT2D eigenvalue weighted by Crippen LogP contribution is -2.54. The van der Waals surface area contributed by atoms with Gasteiger partial charge in [-0.1, -0.05) is 26.8 Å². The highest BCUT2D eigenvalue weighted by Crippen LogP contribution is 2.27. The van der Waals surface area contributed by atoms with Crippen molar-refractivity contribution in [2.75, 3.05) is 19.6 Å². The Kier molecular flexibility index (Phi) is 7.63. The van der Waals surface area contributed by atoms with Crippen LogP contribution in [-0.2, 0) is 24.9 Å². The Hall–Kier alpha value is -3.64. The van der Waals surface area contributed by atoms with Gasteiger partial charge >= 0.3 is 11.8 Å². The summed E-state index contributed by atoms with van der Waals surface area (Å²) in [6.07, 6.45) is -0.276. The van der Waals surface area contributed by atoms with Gasteiger partial charge in [0.1, 0.15) is 5.60 Å². The summed E-state index contributed by atoms with van der Waals surface area (Å²) in [6.45, 7) is 17.2. The monoisotopic (exact) mass is 532 g/mol. The van der Waals surface area contributed by atoms with Crippen molar-refractivity contribution in [3.8, 4) is 17.3 Å². The molecule has 0 saturated carbocycles. The molecule has 1 aliphatic heterocycles. The van der Waals surface area contributed by atoms with Crippen LogP contribution in [0.3, 0.4) is 0 Å². The molecule has 9 heteroatoms. The van der Waals surface area contributed by atoms with Crippen molar-refractivity contribution in [2.45, 2.75) is 73.2 Å². The van der Waals surface area contributed by atoms with Gasteiger partial charge < -0.3 is 9.64 Å². The molecule has 39 heavy (non-hydrogen) atoms. The normalized spacial score (nSPS) is 16.9. The molecule has 4 rings (SSSR count). The van der Waals surface area contributed by atoms with Gasteiger partial charge in [-0.3, -0.25) is 14.0 Å². The first kappa shape index (κ1) is 28.4. The Morgan fingerprint density at radius 2 is 1.85 bits per heavy atom. The van der Waals surface area contributed by atoms with E-state index in [-0.39, 0.29) is 23.2 Å². The molecule has 1 saturated heterocycles. The zero-order chi connectivity index (χ0) is 28.7. The molecule has 3 heterocycles. The van der Waals surface area contributed by atoms with Crippen molar-refractivity contribution >= 4 is 17.3 Å². The maximum atomic E-state index is 13.0. The first-order valence-electron chi connectivity index (χ1n) is 13.5. The largest absolute Gasteiger partial charge is 0.444 e.